The third-order valence-electron chi connectivity index (χ3n) is 1.33. The van der Waals surface area contributed by atoms with Crippen molar-refractivity contribution in [3.63, 3.8) is 0 Å². The van der Waals surface area contributed by atoms with Crippen LogP contribution in [-0.2, 0) is 22.4 Å². The predicted molar refractivity (Wildman–Crippen MR) is 36.7 cm³/mol. The molecule has 0 aromatic rings. The van der Waals surface area contributed by atoms with Crippen LogP contribution in [0.2, 0.25) is 0 Å². The number of hydrogen-bond acceptors (Lipinski definition) is 0. The maximum absolute atomic E-state index is 2.27. The number of halogens is 3. The maximum Gasteiger partial charge on any atom is 3.00 e. The average molecular weight is 412 g/mol. The zero-order valence-corrected chi connectivity index (χ0v) is 11.0. The second-order valence-electron chi connectivity index (χ2n) is 2.10. The van der Waals surface area contributed by atoms with Gasteiger partial charge < -0.3 is 37.2 Å². The molecule has 0 spiro atoms. The van der Waals surface area contributed by atoms with E-state index in [1.807, 2.05) is 0 Å². The van der Waals surface area contributed by atoms with Crippen LogP contribution >= 0.6 is 0 Å². The quantitative estimate of drug-likeness (QED) is 0.275. The monoisotopic (exact) mass is 410 g/mol. The van der Waals surface area contributed by atoms with Crippen LogP contribution in [0.1, 0.15) is 25.7 Å². The van der Waals surface area contributed by atoms with Gasteiger partial charge in [-0.2, -0.15) is 0 Å². The minimum absolute atomic E-state index is 0. The standard InChI is InChI=1S/C8H12.Au.3ClH/c1-2-4-6-8-7-5-3-1;;;;/h1-2,7-8H,3-6H2;;3*1H/q;+3;;;/p-3/b2-1-,8-7-;;;;. The molecule has 1 aliphatic rings. The van der Waals surface area contributed by atoms with Crippen LogP contribution < -0.4 is 37.2 Å². The number of hydrogen-bond donors (Lipinski definition) is 0. The average Bonchev–Trinajstić information content (AvgIpc) is 1.62. The summed E-state index contributed by atoms with van der Waals surface area (Å²) >= 11 is 0. The zero-order chi connectivity index (χ0) is 5.66. The summed E-state index contributed by atoms with van der Waals surface area (Å²) in [6.45, 7) is 0. The van der Waals surface area contributed by atoms with Crippen molar-refractivity contribution in [3.05, 3.63) is 24.3 Å². The van der Waals surface area contributed by atoms with E-state index in [9.17, 15) is 0 Å². The maximum atomic E-state index is 2.27. The second kappa shape index (κ2) is 18.0. The molecule has 0 fully saturated rings. The Bertz CT molecular complexity index is 86.9. The van der Waals surface area contributed by atoms with Crippen molar-refractivity contribution in [2.24, 2.45) is 0 Å². The summed E-state index contributed by atoms with van der Waals surface area (Å²) in [5.41, 5.74) is 0. The van der Waals surface area contributed by atoms with Crippen LogP contribution in [0.4, 0.5) is 0 Å². The zero-order valence-electron chi connectivity index (χ0n) is 6.57. The van der Waals surface area contributed by atoms with Crippen molar-refractivity contribution in [2.45, 2.75) is 25.7 Å². The molecule has 0 aromatic heterocycles. The molecule has 1 aliphatic carbocycles. The summed E-state index contributed by atoms with van der Waals surface area (Å²) in [5.74, 6) is 0. The van der Waals surface area contributed by atoms with Crippen molar-refractivity contribution >= 4 is 0 Å². The van der Waals surface area contributed by atoms with E-state index < -0.39 is 0 Å². The van der Waals surface area contributed by atoms with Gasteiger partial charge in [0.05, 0.1) is 0 Å². The molecule has 0 aliphatic heterocycles. The van der Waals surface area contributed by atoms with Gasteiger partial charge in [-0.1, -0.05) is 24.3 Å². The molecule has 0 saturated heterocycles. The van der Waals surface area contributed by atoms with Crippen molar-refractivity contribution in [3.8, 4) is 0 Å². The van der Waals surface area contributed by atoms with E-state index in [0.29, 0.717) is 0 Å². The molecule has 4 heteroatoms. The van der Waals surface area contributed by atoms with E-state index in [2.05, 4.69) is 24.3 Å². The van der Waals surface area contributed by atoms with Crippen LogP contribution in [0.5, 0.6) is 0 Å². The Hall–Kier alpha value is 1.09. The van der Waals surface area contributed by atoms with Crippen LogP contribution in [0.3, 0.4) is 0 Å². The molecule has 1 rings (SSSR count). The molecule has 0 N–H and O–H groups in total. The molecule has 0 nitrogen and oxygen atoms in total. The Labute approximate surface area is 109 Å². The van der Waals surface area contributed by atoms with Crippen LogP contribution in [-0.4, -0.2) is 0 Å². The van der Waals surface area contributed by atoms with Crippen LogP contribution in [0.15, 0.2) is 24.3 Å². The van der Waals surface area contributed by atoms with Gasteiger partial charge in [-0.25, -0.2) is 0 Å². The van der Waals surface area contributed by atoms with Crippen LogP contribution in [0.25, 0.3) is 0 Å². The third-order valence-corrected chi connectivity index (χ3v) is 1.33. The molecule has 76 valence electrons. The van der Waals surface area contributed by atoms with Gasteiger partial charge in [-0.05, 0) is 25.7 Å². The van der Waals surface area contributed by atoms with Gasteiger partial charge >= 0.3 is 22.4 Å². The summed E-state index contributed by atoms with van der Waals surface area (Å²) in [7, 11) is 0. The molecule has 12 heavy (non-hydrogen) atoms. The first kappa shape index (κ1) is 23.2. The van der Waals surface area contributed by atoms with E-state index in [1.54, 1.807) is 0 Å². The fraction of sp³-hybridized carbons (Fsp3) is 0.500. The molecular formula is C8H12AuCl3. The fourth-order valence-electron chi connectivity index (χ4n) is 0.856. The van der Waals surface area contributed by atoms with E-state index in [0.717, 1.165) is 0 Å². The van der Waals surface area contributed by atoms with E-state index in [1.165, 1.54) is 25.7 Å². The van der Waals surface area contributed by atoms with E-state index >= 15 is 0 Å². The van der Waals surface area contributed by atoms with E-state index in [4.69, 9.17) is 0 Å². The number of allylic oxidation sites excluding steroid dienone is 4. The Balaban J connectivity index is -0.0000000800. The van der Waals surface area contributed by atoms with Gasteiger partial charge in [0.15, 0.2) is 0 Å². The smallest absolute Gasteiger partial charge is 1.00 e. The predicted octanol–water partition coefficient (Wildman–Crippen LogP) is -6.32. The summed E-state index contributed by atoms with van der Waals surface area (Å²) in [6, 6.07) is 0. The molecule has 0 aromatic carbocycles. The topological polar surface area (TPSA) is 0 Å². The first-order chi connectivity index (χ1) is 4.00. The van der Waals surface area contributed by atoms with Gasteiger partial charge in [-0.15, -0.1) is 0 Å². The first-order valence-corrected chi connectivity index (χ1v) is 3.30. The Morgan fingerprint density at radius 3 is 0.833 bits per heavy atom. The SMILES string of the molecule is C1=C\CC/C=C\CC/1.[Au+3].[Cl-].[Cl-].[Cl-]. The second-order valence-corrected chi connectivity index (χ2v) is 2.10. The van der Waals surface area contributed by atoms with Crippen molar-refractivity contribution in [1.82, 2.24) is 0 Å². The fourth-order valence-corrected chi connectivity index (χ4v) is 0.856. The molecule has 0 radical (unpaired) electrons. The number of rotatable bonds is 0. The normalized spacial score (nSPS) is 18.7. The van der Waals surface area contributed by atoms with Crippen LogP contribution in [0, 0.1) is 0 Å². The minimum Gasteiger partial charge on any atom is -1.00 e. The van der Waals surface area contributed by atoms with Crippen molar-refractivity contribution < 1.29 is 59.6 Å². The van der Waals surface area contributed by atoms with Gasteiger partial charge in [0.1, 0.15) is 0 Å². The minimum atomic E-state index is 0. The van der Waals surface area contributed by atoms with Gasteiger partial charge in [-0.3, -0.25) is 0 Å². The summed E-state index contributed by atoms with van der Waals surface area (Å²) in [6.07, 6.45) is 14.0. The molecule has 0 saturated carbocycles. The van der Waals surface area contributed by atoms with Gasteiger partial charge in [0, 0.05) is 0 Å². The van der Waals surface area contributed by atoms with E-state index in [-0.39, 0.29) is 59.6 Å². The van der Waals surface area contributed by atoms with Gasteiger partial charge in [0.25, 0.3) is 0 Å². The summed E-state index contributed by atoms with van der Waals surface area (Å²) in [5, 5.41) is 0. The van der Waals surface area contributed by atoms with Crippen molar-refractivity contribution in [2.75, 3.05) is 0 Å². The Kier molecular flexibility index (Phi) is 34.7. The first-order valence-electron chi connectivity index (χ1n) is 3.30. The van der Waals surface area contributed by atoms with Crippen molar-refractivity contribution in [1.29, 1.82) is 0 Å². The van der Waals surface area contributed by atoms with Gasteiger partial charge in [0.2, 0.25) is 0 Å². The molecule has 0 unspecified atom stereocenters. The molecule has 0 heterocycles. The molecule has 0 bridgehead atoms. The molecular weight excluding hydrogens is 399 g/mol. The Morgan fingerprint density at radius 1 is 0.500 bits per heavy atom. The largest absolute Gasteiger partial charge is 3.00 e. The molecule has 0 atom stereocenters. The summed E-state index contributed by atoms with van der Waals surface area (Å²) < 4.78 is 0. The molecule has 0 amide bonds. The Morgan fingerprint density at radius 2 is 0.667 bits per heavy atom. The third kappa shape index (κ3) is 13.7. The summed E-state index contributed by atoms with van der Waals surface area (Å²) in [4.78, 5) is 0.